The number of hydrogen-bond donors (Lipinski definition) is 1. The van der Waals surface area contributed by atoms with Gasteiger partial charge in [0.25, 0.3) is 5.91 Å². The molecule has 0 radical (unpaired) electrons. The van der Waals surface area contributed by atoms with Crippen molar-refractivity contribution in [3.05, 3.63) is 64.7 Å². The lowest BCUT2D eigenvalue weighted by Crippen LogP contribution is -2.30. The normalized spacial score (nSPS) is 16.7. The van der Waals surface area contributed by atoms with Gasteiger partial charge in [-0.15, -0.1) is 0 Å². The molecule has 112 valence electrons. The number of para-hydroxylation sites is 1. The highest BCUT2D eigenvalue weighted by Gasteiger charge is 2.22. The number of nitrogens with zero attached hydrogens (tertiary/aromatic N) is 1. The third kappa shape index (κ3) is 2.27. The predicted molar refractivity (Wildman–Crippen MR) is 88.3 cm³/mol. The smallest absolute Gasteiger partial charge is 0.253 e. The van der Waals surface area contributed by atoms with Crippen molar-refractivity contribution in [3.63, 3.8) is 0 Å². The Hall–Kier alpha value is -2.29. The lowest BCUT2D eigenvalue weighted by Gasteiger charge is -2.25. The monoisotopic (exact) mass is 292 g/mol. The van der Waals surface area contributed by atoms with Gasteiger partial charge in [-0.05, 0) is 48.1 Å². The van der Waals surface area contributed by atoms with Crippen LogP contribution in [0.4, 0.5) is 5.69 Å². The summed E-state index contributed by atoms with van der Waals surface area (Å²) in [5.41, 5.74) is 6.29. The van der Waals surface area contributed by atoms with Crippen molar-refractivity contribution in [1.82, 2.24) is 5.32 Å². The van der Waals surface area contributed by atoms with Gasteiger partial charge in [-0.2, -0.15) is 0 Å². The van der Waals surface area contributed by atoms with Crippen LogP contribution in [0.25, 0.3) is 0 Å². The van der Waals surface area contributed by atoms with E-state index < -0.39 is 0 Å². The number of aryl methyl sites for hydroxylation is 1. The van der Waals surface area contributed by atoms with Crippen LogP contribution in [0.1, 0.15) is 33.5 Å². The molecule has 2 aromatic rings. The fourth-order valence-electron chi connectivity index (χ4n) is 3.68. The molecule has 2 aromatic carbocycles. The highest BCUT2D eigenvalue weighted by atomic mass is 16.1. The molecule has 1 amide bonds. The van der Waals surface area contributed by atoms with Crippen LogP contribution < -0.4 is 10.2 Å². The Morgan fingerprint density at radius 3 is 2.91 bits per heavy atom. The summed E-state index contributed by atoms with van der Waals surface area (Å²) in [6.45, 7) is 2.43. The largest absolute Gasteiger partial charge is 0.365 e. The Morgan fingerprint density at radius 2 is 1.95 bits per heavy atom. The van der Waals surface area contributed by atoms with Crippen molar-refractivity contribution in [3.8, 4) is 0 Å². The molecule has 2 aliphatic rings. The second kappa shape index (κ2) is 5.48. The minimum atomic E-state index is 0.0383. The molecular weight excluding hydrogens is 272 g/mol. The fraction of sp³-hybridized carbons (Fsp3) is 0.316. The van der Waals surface area contributed by atoms with Crippen LogP contribution in [0.2, 0.25) is 0 Å². The summed E-state index contributed by atoms with van der Waals surface area (Å²) >= 11 is 0. The molecule has 3 nitrogen and oxygen atoms in total. The summed E-state index contributed by atoms with van der Waals surface area (Å²) in [7, 11) is 0. The van der Waals surface area contributed by atoms with E-state index >= 15 is 0 Å². The van der Waals surface area contributed by atoms with E-state index in [0.717, 1.165) is 24.3 Å². The number of fused-ring (bicyclic) bond motifs is 2. The maximum atomic E-state index is 12.2. The van der Waals surface area contributed by atoms with Gasteiger partial charge >= 0.3 is 0 Å². The maximum Gasteiger partial charge on any atom is 0.253 e. The number of amides is 1. The minimum absolute atomic E-state index is 0.0383. The van der Waals surface area contributed by atoms with Gasteiger partial charge in [-0.1, -0.05) is 30.3 Å². The van der Waals surface area contributed by atoms with E-state index in [4.69, 9.17) is 0 Å². The Kier molecular flexibility index (Phi) is 3.34. The Labute approximate surface area is 131 Å². The average Bonchev–Trinajstić information content (AvgIpc) is 2.97. The molecule has 0 fully saturated rings. The predicted octanol–water partition coefficient (Wildman–Crippen LogP) is 2.93. The van der Waals surface area contributed by atoms with Crippen molar-refractivity contribution in [2.45, 2.75) is 25.8 Å². The first-order valence-electron chi connectivity index (χ1n) is 8.05. The van der Waals surface area contributed by atoms with E-state index in [2.05, 4.69) is 34.5 Å². The zero-order chi connectivity index (χ0) is 14.9. The third-order valence-corrected chi connectivity index (χ3v) is 4.76. The Balaban J connectivity index is 1.70. The summed E-state index contributed by atoms with van der Waals surface area (Å²) in [5.74, 6) is 0.0383. The SMILES string of the molecule is O=C1NCCN(Cc2cccc3c2CCC3)c2ccccc21. The first kappa shape index (κ1) is 13.4. The number of anilines is 1. The van der Waals surface area contributed by atoms with Crippen LogP contribution in [0.3, 0.4) is 0 Å². The van der Waals surface area contributed by atoms with Gasteiger partial charge in [0.05, 0.1) is 5.56 Å². The summed E-state index contributed by atoms with van der Waals surface area (Å²) in [5, 5.41) is 2.99. The molecule has 0 aromatic heterocycles. The van der Waals surface area contributed by atoms with Gasteiger partial charge in [0.1, 0.15) is 0 Å². The van der Waals surface area contributed by atoms with E-state index in [1.54, 1.807) is 0 Å². The molecule has 0 unspecified atom stereocenters. The summed E-state index contributed by atoms with van der Waals surface area (Å²) in [6, 6.07) is 14.6. The van der Waals surface area contributed by atoms with E-state index in [1.165, 1.54) is 36.0 Å². The number of rotatable bonds is 2. The lowest BCUT2D eigenvalue weighted by molar-refractivity contribution is 0.0958. The number of nitrogens with one attached hydrogen (secondary N) is 1. The van der Waals surface area contributed by atoms with Gasteiger partial charge < -0.3 is 10.2 Å². The molecule has 0 bridgehead atoms. The lowest BCUT2D eigenvalue weighted by atomic mass is 10.0. The quantitative estimate of drug-likeness (QED) is 0.923. The summed E-state index contributed by atoms with van der Waals surface area (Å²) in [6.07, 6.45) is 3.67. The van der Waals surface area contributed by atoms with Gasteiger partial charge in [0.2, 0.25) is 0 Å². The van der Waals surface area contributed by atoms with Gasteiger partial charge in [0.15, 0.2) is 0 Å². The fourth-order valence-corrected chi connectivity index (χ4v) is 3.68. The maximum absolute atomic E-state index is 12.2. The molecule has 1 aliphatic heterocycles. The highest BCUT2D eigenvalue weighted by Crippen LogP contribution is 2.29. The van der Waals surface area contributed by atoms with Crippen LogP contribution in [0.5, 0.6) is 0 Å². The van der Waals surface area contributed by atoms with Crippen molar-refractivity contribution < 1.29 is 4.79 Å². The molecular formula is C19H20N2O. The second-order valence-corrected chi connectivity index (χ2v) is 6.10. The average molecular weight is 292 g/mol. The summed E-state index contributed by atoms with van der Waals surface area (Å²) in [4.78, 5) is 14.5. The van der Waals surface area contributed by atoms with Crippen LogP contribution >= 0.6 is 0 Å². The zero-order valence-corrected chi connectivity index (χ0v) is 12.6. The number of carbonyl (C=O) groups excluding carboxylic acids is 1. The molecule has 0 atom stereocenters. The Morgan fingerprint density at radius 1 is 1.05 bits per heavy atom. The standard InChI is InChI=1S/C19H20N2O/c22-19-17-8-1-2-10-18(17)21(12-11-20-19)13-15-7-3-5-14-6-4-9-16(14)15/h1-3,5,7-8,10H,4,6,9,11-13H2,(H,20,22). The van der Waals surface area contributed by atoms with E-state index in [0.29, 0.717) is 6.54 Å². The van der Waals surface area contributed by atoms with Gasteiger partial charge in [-0.3, -0.25) is 4.79 Å². The Bertz CT molecular complexity index is 723. The molecule has 0 saturated heterocycles. The minimum Gasteiger partial charge on any atom is -0.365 e. The highest BCUT2D eigenvalue weighted by molar-refractivity contribution is 6.00. The van der Waals surface area contributed by atoms with E-state index in [-0.39, 0.29) is 5.91 Å². The molecule has 0 spiro atoms. The van der Waals surface area contributed by atoms with Crippen LogP contribution in [0.15, 0.2) is 42.5 Å². The second-order valence-electron chi connectivity index (χ2n) is 6.10. The zero-order valence-electron chi connectivity index (χ0n) is 12.6. The molecule has 4 rings (SSSR count). The van der Waals surface area contributed by atoms with Crippen LogP contribution in [0, 0.1) is 0 Å². The molecule has 3 heteroatoms. The molecule has 0 saturated carbocycles. The molecule has 22 heavy (non-hydrogen) atoms. The number of benzene rings is 2. The van der Waals surface area contributed by atoms with Crippen molar-refractivity contribution in [2.75, 3.05) is 18.0 Å². The summed E-state index contributed by atoms with van der Waals surface area (Å²) < 4.78 is 0. The first-order valence-corrected chi connectivity index (χ1v) is 8.05. The van der Waals surface area contributed by atoms with Crippen LogP contribution in [-0.4, -0.2) is 19.0 Å². The van der Waals surface area contributed by atoms with Gasteiger partial charge in [0, 0.05) is 25.3 Å². The van der Waals surface area contributed by atoms with Crippen molar-refractivity contribution in [2.24, 2.45) is 0 Å². The van der Waals surface area contributed by atoms with E-state index in [9.17, 15) is 4.79 Å². The van der Waals surface area contributed by atoms with Crippen molar-refractivity contribution >= 4 is 11.6 Å². The van der Waals surface area contributed by atoms with Crippen LogP contribution in [-0.2, 0) is 19.4 Å². The number of hydrogen-bond acceptors (Lipinski definition) is 2. The first-order chi connectivity index (χ1) is 10.8. The van der Waals surface area contributed by atoms with E-state index in [1.807, 2.05) is 18.2 Å². The third-order valence-electron chi connectivity index (χ3n) is 4.76. The molecule has 1 N–H and O–H groups in total. The van der Waals surface area contributed by atoms with Crippen molar-refractivity contribution in [1.29, 1.82) is 0 Å². The topological polar surface area (TPSA) is 32.3 Å². The van der Waals surface area contributed by atoms with Gasteiger partial charge in [-0.25, -0.2) is 0 Å². The molecule has 1 heterocycles. The molecule has 1 aliphatic carbocycles. The number of carbonyl (C=O) groups is 1.